The average Bonchev–Trinajstić information content (AvgIpc) is 2.91. The summed E-state index contributed by atoms with van der Waals surface area (Å²) in [5.74, 6) is 2.10. The van der Waals surface area contributed by atoms with Crippen LogP contribution in [0, 0.1) is 0 Å². The summed E-state index contributed by atoms with van der Waals surface area (Å²) in [5.41, 5.74) is 0.978. The molecule has 0 aliphatic heterocycles. The highest BCUT2D eigenvalue weighted by Crippen LogP contribution is 2.30. The molecule has 0 bridgehead atoms. The van der Waals surface area contributed by atoms with Crippen LogP contribution >= 0.6 is 0 Å². The third kappa shape index (κ3) is 11.2. The van der Waals surface area contributed by atoms with Crippen LogP contribution in [0.15, 0.2) is 48.5 Å². The van der Waals surface area contributed by atoms with Crippen molar-refractivity contribution in [3.8, 4) is 17.2 Å². The standard InChI is InChI=1S/C27H38N2O8S/c1-33-19-20-35-25-15-14-22(26(21-25)37-24-12-6-3-7-13-24)9-8-17-36-27(30)29-38(31,32)28-16-18-34-23-10-4-2-5-11-23/h2,4-5,10-11,14-15,21,24,28H,3,6-9,12-13,16-20H2,1H3,(H,29,30). The van der Waals surface area contributed by atoms with Gasteiger partial charge in [-0.05, 0) is 62.3 Å². The SMILES string of the molecule is COCCOc1ccc(CCCOC(=O)NS(=O)(=O)NCCOc2ccccc2)c(OC2CCCCC2)c1. The Balaban J connectivity index is 1.41. The molecule has 1 saturated carbocycles. The van der Waals surface area contributed by atoms with Gasteiger partial charge in [-0.25, -0.2) is 9.52 Å². The molecule has 210 valence electrons. The molecule has 0 heterocycles. The van der Waals surface area contributed by atoms with Gasteiger partial charge in [-0.2, -0.15) is 13.1 Å². The van der Waals surface area contributed by atoms with Gasteiger partial charge in [0.25, 0.3) is 0 Å². The third-order valence-electron chi connectivity index (χ3n) is 5.89. The van der Waals surface area contributed by atoms with Crippen LogP contribution in [0.1, 0.15) is 44.1 Å². The Bertz CT molecular complexity index is 1080. The molecule has 0 unspecified atom stereocenters. The molecule has 10 nitrogen and oxygen atoms in total. The lowest BCUT2D eigenvalue weighted by atomic mass is 9.97. The Morgan fingerprint density at radius 3 is 2.45 bits per heavy atom. The van der Waals surface area contributed by atoms with E-state index in [0.717, 1.165) is 37.0 Å². The van der Waals surface area contributed by atoms with Crippen LogP contribution < -0.4 is 23.7 Å². The van der Waals surface area contributed by atoms with Crippen molar-refractivity contribution in [2.24, 2.45) is 0 Å². The fourth-order valence-corrected chi connectivity index (χ4v) is 4.71. The van der Waals surface area contributed by atoms with Gasteiger partial charge in [0, 0.05) is 19.7 Å². The van der Waals surface area contributed by atoms with Gasteiger partial charge in [0.15, 0.2) is 0 Å². The molecule has 11 heteroatoms. The maximum Gasteiger partial charge on any atom is 0.421 e. The summed E-state index contributed by atoms with van der Waals surface area (Å²) >= 11 is 0. The zero-order valence-electron chi connectivity index (χ0n) is 21.9. The van der Waals surface area contributed by atoms with Gasteiger partial charge in [0.05, 0.1) is 19.3 Å². The summed E-state index contributed by atoms with van der Waals surface area (Å²) < 4.78 is 55.8. The highest BCUT2D eigenvalue weighted by Gasteiger charge is 2.18. The van der Waals surface area contributed by atoms with E-state index in [4.69, 9.17) is 23.7 Å². The normalized spacial score (nSPS) is 14.0. The number of hydrogen-bond donors (Lipinski definition) is 2. The van der Waals surface area contributed by atoms with Gasteiger partial charge in [0.1, 0.15) is 30.5 Å². The van der Waals surface area contributed by atoms with E-state index in [2.05, 4.69) is 4.72 Å². The molecule has 0 atom stereocenters. The number of carbonyl (C=O) groups is 1. The summed E-state index contributed by atoms with van der Waals surface area (Å²) in [6.45, 7) is 1.09. The van der Waals surface area contributed by atoms with E-state index in [1.807, 2.05) is 41.1 Å². The molecule has 0 radical (unpaired) electrons. The number of ether oxygens (including phenoxy) is 5. The van der Waals surface area contributed by atoms with E-state index < -0.39 is 16.3 Å². The molecular weight excluding hydrogens is 512 g/mol. The topological polar surface area (TPSA) is 121 Å². The summed E-state index contributed by atoms with van der Waals surface area (Å²) in [5, 5.41) is 0. The lowest BCUT2D eigenvalue weighted by Gasteiger charge is -2.24. The van der Waals surface area contributed by atoms with Gasteiger partial charge >= 0.3 is 16.3 Å². The van der Waals surface area contributed by atoms with Crippen molar-refractivity contribution in [3.05, 3.63) is 54.1 Å². The molecular formula is C27H38N2O8S. The second kappa shape index (κ2) is 16.1. The molecule has 38 heavy (non-hydrogen) atoms. The summed E-state index contributed by atoms with van der Waals surface area (Å²) in [7, 11) is -2.43. The molecule has 1 fully saturated rings. The number of carbonyl (C=O) groups excluding carboxylic acids is 1. The van der Waals surface area contributed by atoms with Gasteiger partial charge in [-0.15, -0.1) is 0 Å². The van der Waals surface area contributed by atoms with Gasteiger partial charge < -0.3 is 23.7 Å². The van der Waals surface area contributed by atoms with Crippen molar-refractivity contribution < 1.29 is 36.9 Å². The first kappa shape index (κ1) is 29.5. The molecule has 2 aromatic carbocycles. The number of amides is 1. The molecule has 1 aliphatic rings. The molecule has 2 aromatic rings. The number of para-hydroxylation sites is 1. The number of methoxy groups -OCH3 is 1. The molecule has 0 aromatic heterocycles. The van der Waals surface area contributed by atoms with E-state index in [0.29, 0.717) is 37.6 Å². The molecule has 3 rings (SSSR count). The Morgan fingerprint density at radius 2 is 1.68 bits per heavy atom. The fraction of sp³-hybridized carbons (Fsp3) is 0.519. The van der Waals surface area contributed by atoms with Crippen LogP contribution in [0.5, 0.6) is 17.2 Å². The number of aryl methyl sites for hydroxylation is 1. The summed E-state index contributed by atoms with van der Waals surface area (Å²) in [6, 6.07) is 14.7. The molecule has 0 saturated heterocycles. The number of benzene rings is 2. The summed E-state index contributed by atoms with van der Waals surface area (Å²) in [6.07, 6.45) is 5.83. The highest BCUT2D eigenvalue weighted by molar-refractivity contribution is 7.88. The van der Waals surface area contributed by atoms with Crippen molar-refractivity contribution in [3.63, 3.8) is 0 Å². The number of nitrogens with one attached hydrogen (secondary N) is 2. The van der Waals surface area contributed by atoms with Crippen molar-refractivity contribution >= 4 is 16.3 Å². The molecule has 1 amide bonds. The van der Waals surface area contributed by atoms with Gasteiger partial charge in [-0.3, -0.25) is 0 Å². The van der Waals surface area contributed by atoms with E-state index in [1.54, 1.807) is 19.2 Å². The summed E-state index contributed by atoms with van der Waals surface area (Å²) in [4.78, 5) is 12.0. The minimum absolute atomic E-state index is 0.00748. The monoisotopic (exact) mass is 550 g/mol. The lowest BCUT2D eigenvalue weighted by molar-refractivity contribution is 0.142. The van der Waals surface area contributed by atoms with Crippen LogP contribution in [-0.2, 0) is 26.1 Å². The minimum atomic E-state index is -4.06. The second-order valence-electron chi connectivity index (χ2n) is 8.89. The molecule has 0 spiro atoms. The van der Waals surface area contributed by atoms with Crippen LogP contribution in [0.2, 0.25) is 0 Å². The van der Waals surface area contributed by atoms with E-state index in [1.165, 1.54) is 6.42 Å². The quantitative estimate of drug-likeness (QED) is 0.301. The van der Waals surface area contributed by atoms with Crippen LogP contribution in [0.3, 0.4) is 0 Å². The van der Waals surface area contributed by atoms with Crippen LogP contribution in [-0.4, -0.2) is 60.7 Å². The number of hydrogen-bond acceptors (Lipinski definition) is 8. The minimum Gasteiger partial charge on any atom is -0.492 e. The van der Waals surface area contributed by atoms with Gasteiger partial charge in [0.2, 0.25) is 0 Å². The van der Waals surface area contributed by atoms with Gasteiger partial charge in [-0.1, -0.05) is 30.7 Å². The second-order valence-corrected chi connectivity index (χ2v) is 10.4. The zero-order valence-corrected chi connectivity index (χ0v) is 22.7. The lowest BCUT2D eigenvalue weighted by Crippen LogP contribution is -2.42. The molecule has 1 aliphatic carbocycles. The third-order valence-corrected chi connectivity index (χ3v) is 6.91. The highest BCUT2D eigenvalue weighted by atomic mass is 32.2. The Labute approximate surface area is 225 Å². The first-order valence-electron chi connectivity index (χ1n) is 13.0. The number of rotatable bonds is 16. The van der Waals surface area contributed by atoms with Crippen molar-refractivity contribution in [1.82, 2.24) is 9.44 Å². The predicted octanol–water partition coefficient (Wildman–Crippen LogP) is 4.00. The Morgan fingerprint density at radius 1 is 0.921 bits per heavy atom. The Kier molecular flexibility index (Phi) is 12.5. The first-order valence-corrected chi connectivity index (χ1v) is 14.5. The maximum atomic E-state index is 12.1. The van der Waals surface area contributed by atoms with Crippen LogP contribution in [0.4, 0.5) is 4.79 Å². The van der Waals surface area contributed by atoms with Crippen molar-refractivity contribution in [1.29, 1.82) is 0 Å². The smallest absolute Gasteiger partial charge is 0.421 e. The molecule has 2 N–H and O–H groups in total. The van der Waals surface area contributed by atoms with Crippen molar-refractivity contribution in [2.45, 2.75) is 51.0 Å². The predicted molar refractivity (Wildman–Crippen MR) is 143 cm³/mol. The zero-order chi connectivity index (χ0) is 27.1. The van der Waals surface area contributed by atoms with Crippen molar-refractivity contribution in [2.75, 3.05) is 40.1 Å². The maximum absolute atomic E-state index is 12.1. The van der Waals surface area contributed by atoms with E-state index in [-0.39, 0.29) is 25.9 Å². The Hall–Kier alpha value is -3.02. The van der Waals surface area contributed by atoms with E-state index >= 15 is 0 Å². The largest absolute Gasteiger partial charge is 0.492 e. The van der Waals surface area contributed by atoms with E-state index in [9.17, 15) is 13.2 Å². The fourth-order valence-electron chi connectivity index (χ4n) is 4.01. The van der Waals surface area contributed by atoms with Crippen LogP contribution in [0.25, 0.3) is 0 Å². The first-order chi connectivity index (χ1) is 18.4. The average molecular weight is 551 g/mol.